The molecule has 0 atom stereocenters. The van der Waals surface area contributed by atoms with Crippen molar-refractivity contribution in [3.63, 3.8) is 0 Å². The molecule has 1 aliphatic carbocycles. The normalized spacial score (nSPS) is 21.7. The van der Waals surface area contributed by atoms with Crippen LogP contribution in [-0.4, -0.2) is 17.8 Å². The summed E-state index contributed by atoms with van der Waals surface area (Å²) in [6, 6.07) is 2.24. The third-order valence-corrected chi connectivity index (χ3v) is 4.00. The largest absolute Gasteiger partial charge is 0.381 e. The third kappa shape index (κ3) is 2.29. The fourth-order valence-corrected chi connectivity index (χ4v) is 2.75. The molecule has 17 heavy (non-hydrogen) atoms. The van der Waals surface area contributed by atoms with Crippen LogP contribution < -0.4 is 5.56 Å². The maximum Gasteiger partial charge on any atom is 0.264 e. The molecule has 1 saturated heterocycles. The molecule has 0 unspecified atom stereocenters. The minimum absolute atomic E-state index is 0.0460. The van der Waals surface area contributed by atoms with Crippen LogP contribution in [0, 0.1) is 0 Å². The Balaban J connectivity index is 1.98. The lowest BCUT2D eigenvalue weighted by Crippen LogP contribution is -2.29. The zero-order valence-electron chi connectivity index (χ0n) is 9.76. The predicted molar refractivity (Wildman–Crippen MR) is 69.0 cm³/mol. The molecule has 0 radical (unpaired) electrons. The van der Waals surface area contributed by atoms with E-state index in [1.54, 1.807) is 0 Å². The van der Waals surface area contributed by atoms with Gasteiger partial charge in [-0.3, -0.25) is 4.79 Å². The van der Waals surface area contributed by atoms with Crippen LogP contribution in [0.15, 0.2) is 22.0 Å². The quantitative estimate of drug-likeness (QED) is 0.818. The van der Waals surface area contributed by atoms with Gasteiger partial charge in [-0.15, -0.1) is 12.6 Å². The minimum atomic E-state index is 0.0460. The Bertz CT molecular complexity index is 473. The van der Waals surface area contributed by atoms with E-state index in [1.165, 1.54) is 18.4 Å². The first-order valence-corrected chi connectivity index (χ1v) is 6.73. The second-order valence-electron chi connectivity index (χ2n) is 4.99. The van der Waals surface area contributed by atoms with Crippen molar-refractivity contribution in [1.29, 1.82) is 0 Å². The van der Waals surface area contributed by atoms with Crippen LogP contribution >= 0.6 is 12.6 Å². The average Bonchev–Trinajstić information content (AvgIpc) is 3.18. The van der Waals surface area contributed by atoms with E-state index in [0.717, 1.165) is 26.1 Å². The summed E-state index contributed by atoms with van der Waals surface area (Å²) in [5, 5.41) is 0. The summed E-state index contributed by atoms with van der Waals surface area (Å²) in [6.45, 7) is 1.51. The highest BCUT2D eigenvalue weighted by Gasteiger charge is 2.26. The maximum atomic E-state index is 12.1. The van der Waals surface area contributed by atoms with Gasteiger partial charge in [0.05, 0.1) is 4.90 Å². The molecule has 1 aliphatic heterocycles. The Labute approximate surface area is 106 Å². The van der Waals surface area contributed by atoms with Gasteiger partial charge < -0.3 is 9.30 Å². The van der Waals surface area contributed by atoms with Gasteiger partial charge in [0.15, 0.2) is 0 Å². The number of hydrogen-bond acceptors (Lipinski definition) is 3. The second kappa shape index (κ2) is 4.50. The molecule has 0 spiro atoms. The summed E-state index contributed by atoms with van der Waals surface area (Å²) >= 11 is 4.31. The smallest absolute Gasteiger partial charge is 0.264 e. The summed E-state index contributed by atoms with van der Waals surface area (Å²) in [5.41, 5.74) is 1.32. The van der Waals surface area contributed by atoms with E-state index in [-0.39, 0.29) is 5.56 Å². The molecule has 2 aliphatic rings. The number of rotatable bonds is 2. The van der Waals surface area contributed by atoms with E-state index in [4.69, 9.17) is 4.74 Å². The molecule has 4 heteroatoms. The van der Waals surface area contributed by atoms with Crippen molar-refractivity contribution >= 4 is 12.6 Å². The van der Waals surface area contributed by atoms with Crippen molar-refractivity contribution in [1.82, 2.24) is 4.57 Å². The molecule has 1 saturated carbocycles. The third-order valence-electron chi connectivity index (χ3n) is 3.68. The topological polar surface area (TPSA) is 31.2 Å². The molecule has 0 bridgehead atoms. The summed E-state index contributed by atoms with van der Waals surface area (Å²) in [7, 11) is 0. The van der Waals surface area contributed by atoms with Gasteiger partial charge in [-0.25, -0.2) is 0 Å². The van der Waals surface area contributed by atoms with E-state index < -0.39 is 0 Å². The number of aromatic nitrogens is 1. The van der Waals surface area contributed by atoms with E-state index in [9.17, 15) is 4.79 Å². The van der Waals surface area contributed by atoms with Gasteiger partial charge in [0.2, 0.25) is 0 Å². The van der Waals surface area contributed by atoms with Gasteiger partial charge in [0.25, 0.3) is 5.56 Å². The number of thiol groups is 1. The Hall–Kier alpha value is -0.740. The molecule has 0 amide bonds. The molecule has 0 N–H and O–H groups in total. The van der Waals surface area contributed by atoms with Crippen molar-refractivity contribution in [2.45, 2.75) is 42.5 Å². The first-order chi connectivity index (χ1) is 8.25. The number of pyridine rings is 1. The maximum absolute atomic E-state index is 12.1. The van der Waals surface area contributed by atoms with Crippen molar-refractivity contribution in [2.75, 3.05) is 13.2 Å². The highest BCUT2D eigenvalue weighted by molar-refractivity contribution is 7.80. The lowest BCUT2D eigenvalue weighted by Gasteiger charge is -2.25. The fourth-order valence-electron chi connectivity index (χ4n) is 2.48. The summed E-state index contributed by atoms with van der Waals surface area (Å²) in [5.74, 6) is 0.660. The van der Waals surface area contributed by atoms with Crippen molar-refractivity contribution in [3.8, 4) is 0 Å². The van der Waals surface area contributed by atoms with E-state index in [0.29, 0.717) is 16.9 Å². The Kier molecular flexibility index (Phi) is 3.01. The van der Waals surface area contributed by atoms with E-state index in [2.05, 4.69) is 18.8 Å². The number of nitrogens with zero attached hydrogens (tertiary/aromatic N) is 1. The first kappa shape index (κ1) is 11.4. The highest BCUT2D eigenvalue weighted by Crippen LogP contribution is 2.40. The van der Waals surface area contributed by atoms with Gasteiger partial charge in [-0.05, 0) is 43.2 Å². The lowest BCUT2D eigenvalue weighted by molar-refractivity contribution is 0.0684. The van der Waals surface area contributed by atoms with Crippen LogP contribution in [0.2, 0.25) is 0 Å². The van der Waals surface area contributed by atoms with E-state index >= 15 is 0 Å². The summed E-state index contributed by atoms with van der Waals surface area (Å²) in [4.78, 5) is 12.7. The standard InChI is InChI=1S/C13H17NO2S/c15-13-12(17)7-10(9-1-2-9)8-14(13)11-3-5-16-6-4-11/h7-9,11,17H,1-6H2. The lowest BCUT2D eigenvalue weighted by atomic mass is 10.1. The fraction of sp³-hybridized carbons (Fsp3) is 0.615. The average molecular weight is 251 g/mol. The molecule has 1 aromatic heterocycles. The van der Waals surface area contributed by atoms with Crippen molar-refractivity contribution in [2.24, 2.45) is 0 Å². The molecular formula is C13H17NO2S. The number of hydrogen-bond donors (Lipinski definition) is 1. The van der Waals surface area contributed by atoms with Crippen LogP contribution in [-0.2, 0) is 4.74 Å². The van der Waals surface area contributed by atoms with Gasteiger partial charge >= 0.3 is 0 Å². The van der Waals surface area contributed by atoms with Gasteiger partial charge in [-0.1, -0.05) is 0 Å². The SMILES string of the molecule is O=c1c(S)cc(C2CC2)cn1C1CCOCC1. The molecule has 2 fully saturated rings. The molecule has 0 aromatic carbocycles. The predicted octanol–water partition coefficient (Wildman–Crippen LogP) is 2.37. The van der Waals surface area contributed by atoms with Crippen molar-refractivity contribution < 1.29 is 4.74 Å². The van der Waals surface area contributed by atoms with Crippen molar-refractivity contribution in [3.05, 3.63) is 28.2 Å². The van der Waals surface area contributed by atoms with Crippen LogP contribution in [0.25, 0.3) is 0 Å². The van der Waals surface area contributed by atoms with Gasteiger partial charge in [0.1, 0.15) is 0 Å². The molecule has 3 rings (SSSR count). The zero-order chi connectivity index (χ0) is 11.8. The molecule has 2 heterocycles. The Morgan fingerprint density at radius 2 is 1.94 bits per heavy atom. The first-order valence-electron chi connectivity index (χ1n) is 6.28. The molecule has 92 valence electrons. The molecule has 1 aromatic rings. The monoisotopic (exact) mass is 251 g/mol. The highest BCUT2D eigenvalue weighted by atomic mass is 32.1. The van der Waals surface area contributed by atoms with E-state index in [1.807, 2.05) is 10.6 Å². The summed E-state index contributed by atoms with van der Waals surface area (Å²) < 4.78 is 7.23. The molecular weight excluding hydrogens is 234 g/mol. The van der Waals surface area contributed by atoms with Crippen LogP contribution in [0.3, 0.4) is 0 Å². The van der Waals surface area contributed by atoms with Crippen LogP contribution in [0.4, 0.5) is 0 Å². The van der Waals surface area contributed by atoms with Gasteiger partial charge in [0, 0.05) is 25.5 Å². The second-order valence-corrected chi connectivity index (χ2v) is 5.47. The van der Waals surface area contributed by atoms with Gasteiger partial charge in [-0.2, -0.15) is 0 Å². The summed E-state index contributed by atoms with van der Waals surface area (Å²) in [6.07, 6.45) is 6.41. The number of ether oxygens (including phenoxy) is 1. The zero-order valence-corrected chi connectivity index (χ0v) is 10.7. The molecule has 3 nitrogen and oxygen atoms in total. The Morgan fingerprint density at radius 1 is 1.24 bits per heavy atom. The Morgan fingerprint density at radius 3 is 2.59 bits per heavy atom. The van der Waals surface area contributed by atoms with Crippen LogP contribution in [0.5, 0.6) is 0 Å². The van der Waals surface area contributed by atoms with Crippen LogP contribution in [0.1, 0.15) is 43.2 Å². The minimum Gasteiger partial charge on any atom is -0.381 e.